The van der Waals surface area contributed by atoms with Gasteiger partial charge >= 0.3 is 10.2 Å². The molecule has 0 saturated heterocycles. The Morgan fingerprint density at radius 3 is 2.50 bits per heavy atom. The largest absolute Gasteiger partial charge is 0.487 e. The molecule has 6 nitrogen and oxygen atoms in total. The van der Waals surface area contributed by atoms with Crippen molar-refractivity contribution in [3.63, 3.8) is 0 Å². The number of nitrogens with zero attached hydrogens (tertiary/aromatic N) is 1. The first-order valence-corrected chi connectivity index (χ1v) is 7.64. The molecule has 0 aromatic heterocycles. The summed E-state index contributed by atoms with van der Waals surface area (Å²) in [7, 11) is -4.87. The van der Waals surface area contributed by atoms with E-state index in [9.17, 15) is 22.4 Å². The fourth-order valence-electron chi connectivity index (χ4n) is 1.74. The second-order valence-electron chi connectivity index (χ2n) is 4.21. The van der Waals surface area contributed by atoms with Gasteiger partial charge in [-0.25, -0.2) is 0 Å². The van der Waals surface area contributed by atoms with E-state index >= 15 is 0 Å². The minimum Gasteiger partial charge on any atom is -0.487 e. The highest BCUT2D eigenvalue weighted by molar-refractivity contribution is 7.86. The van der Waals surface area contributed by atoms with E-state index in [0.29, 0.717) is 0 Å². The van der Waals surface area contributed by atoms with Crippen LogP contribution >= 0.6 is 11.6 Å². The quantitative estimate of drug-likeness (QED) is 0.470. The van der Waals surface area contributed by atoms with Gasteiger partial charge in [0.05, 0.1) is 9.95 Å². The lowest BCUT2D eigenvalue weighted by molar-refractivity contribution is -0.384. The maximum absolute atomic E-state index is 13.1. The molecule has 0 aliphatic carbocycles. The van der Waals surface area contributed by atoms with E-state index in [1.54, 1.807) is 0 Å². The summed E-state index contributed by atoms with van der Waals surface area (Å²) in [5, 5.41) is 10.6. The molecule has 0 spiro atoms. The Morgan fingerprint density at radius 2 is 1.91 bits per heavy atom. The van der Waals surface area contributed by atoms with Gasteiger partial charge in [-0.2, -0.15) is 8.42 Å². The molecule has 2 aromatic rings. The highest BCUT2D eigenvalue weighted by atomic mass is 35.5. The molecule has 0 heterocycles. The van der Waals surface area contributed by atoms with Gasteiger partial charge in [-0.15, -0.1) is 3.89 Å². The number of halogens is 2. The Labute approximate surface area is 130 Å². The van der Waals surface area contributed by atoms with Gasteiger partial charge in [-0.3, -0.25) is 10.1 Å². The Morgan fingerprint density at radius 1 is 1.23 bits per heavy atom. The first-order chi connectivity index (χ1) is 10.3. The van der Waals surface area contributed by atoms with Gasteiger partial charge in [0.15, 0.2) is 0 Å². The van der Waals surface area contributed by atoms with Crippen LogP contribution in [0.15, 0.2) is 47.4 Å². The zero-order valence-electron chi connectivity index (χ0n) is 10.9. The van der Waals surface area contributed by atoms with Crippen LogP contribution in [0.2, 0.25) is 5.02 Å². The van der Waals surface area contributed by atoms with Crippen molar-refractivity contribution in [2.75, 3.05) is 0 Å². The topological polar surface area (TPSA) is 86.5 Å². The van der Waals surface area contributed by atoms with Crippen LogP contribution in [0.25, 0.3) is 0 Å². The first-order valence-electron chi connectivity index (χ1n) is 5.88. The molecule has 0 aliphatic rings. The monoisotopic (exact) mass is 345 g/mol. The van der Waals surface area contributed by atoms with E-state index in [4.69, 9.17) is 16.3 Å². The number of nitro benzene ring substituents is 1. The summed E-state index contributed by atoms with van der Waals surface area (Å²) >= 11 is 5.85. The van der Waals surface area contributed by atoms with Crippen molar-refractivity contribution in [2.24, 2.45) is 0 Å². The van der Waals surface area contributed by atoms with E-state index in [2.05, 4.69) is 0 Å². The molecule has 22 heavy (non-hydrogen) atoms. The second-order valence-corrected chi connectivity index (χ2v) is 5.93. The van der Waals surface area contributed by atoms with E-state index in [0.717, 1.165) is 12.1 Å². The second kappa shape index (κ2) is 6.29. The lowest BCUT2D eigenvalue weighted by Crippen LogP contribution is -2.03. The number of hydrogen-bond donors (Lipinski definition) is 0. The molecule has 0 N–H and O–H groups in total. The third kappa shape index (κ3) is 3.71. The minimum atomic E-state index is -4.87. The highest BCUT2D eigenvalue weighted by Gasteiger charge is 2.17. The third-order valence-electron chi connectivity index (χ3n) is 2.74. The molecule has 2 rings (SSSR count). The maximum atomic E-state index is 13.1. The SMILES string of the molecule is O=[N+]([O-])c1ccc(OCc2ccccc2S(=O)(=O)F)c(Cl)c1. The number of non-ortho nitro benzene ring substituents is 1. The molecule has 0 bridgehead atoms. The molecule has 0 atom stereocenters. The average molecular weight is 346 g/mol. The zero-order chi connectivity index (χ0) is 16.3. The van der Waals surface area contributed by atoms with Crippen molar-refractivity contribution >= 4 is 27.5 Å². The molecular formula is C13H9ClFNO5S. The summed E-state index contributed by atoms with van der Waals surface area (Å²) in [6.07, 6.45) is 0. The number of rotatable bonds is 5. The summed E-state index contributed by atoms with van der Waals surface area (Å²) in [5.41, 5.74) is -0.0940. The number of benzene rings is 2. The predicted molar refractivity (Wildman–Crippen MR) is 77.2 cm³/mol. The lowest BCUT2D eigenvalue weighted by atomic mass is 10.2. The molecule has 0 radical (unpaired) electrons. The van der Waals surface area contributed by atoms with Crippen molar-refractivity contribution in [3.8, 4) is 5.75 Å². The van der Waals surface area contributed by atoms with Gasteiger partial charge in [-0.1, -0.05) is 29.8 Å². The molecule has 0 aliphatic heterocycles. The lowest BCUT2D eigenvalue weighted by Gasteiger charge is -2.10. The fourth-order valence-corrected chi connectivity index (χ4v) is 2.65. The van der Waals surface area contributed by atoms with Gasteiger partial charge < -0.3 is 4.74 Å². The van der Waals surface area contributed by atoms with E-state index in [1.807, 2.05) is 0 Å². The minimum absolute atomic E-state index is 0.00483. The van der Waals surface area contributed by atoms with Crippen molar-refractivity contribution in [1.82, 2.24) is 0 Å². The molecule has 0 fully saturated rings. The molecule has 116 valence electrons. The van der Waals surface area contributed by atoms with Crippen LogP contribution in [-0.4, -0.2) is 13.3 Å². The Kier molecular flexibility index (Phi) is 4.62. The molecule has 9 heteroatoms. The highest BCUT2D eigenvalue weighted by Crippen LogP contribution is 2.30. The molecule has 0 saturated carbocycles. The Balaban J connectivity index is 2.23. The predicted octanol–water partition coefficient (Wildman–Crippen LogP) is 3.49. The zero-order valence-corrected chi connectivity index (χ0v) is 12.5. The number of nitro groups is 1. The third-order valence-corrected chi connectivity index (χ3v) is 3.96. The van der Waals surface area contributed by atoms with E-state index in [-0.39, 0.29) is 28.6 Å². The summed E-state index contributed by atoms with van der Waals surface area (Å²) < 4.78 is 40.5. The average Bonchev–Trinajstić information content (AvgIpc) is 2.45. The maximum Gasteiger partial charge on any atom is 0.332 e. The van der Waals surface area contributed by atoms with Crippen molar-refractivity contribution in [3.05, 3.63) is 63.2 Å². The van der Waals surface area contributed by atoms with Gasteiger partial charge in [-0.05, 0) is 12.1 Å². The normalized spacial score (nSPS) is 11.2. The van der Waals surface area contributed by atoms with Crippen LogP contribution < -0.4 is 4.74 Å². The van der Waals surface area contributed by atoms with Crippen LogP contribution in [0.5, 0.6) is 5.75 Å². The summed E-state index contributed by atoms with van der Waals surface area (Å²) in [4.78, 5) is 9.49. The van der Waals surface area contributed by atoms with Crippen LogP contribution in [0.4, 0.5) is 9.57 Å². The molecule has 2 aromatic carbocycles. The van der Waals surface area contributed by atoms with Crippen LogP contribution in [0.3, 0.4) is 0 Å². The van der Waals surface area contributed by atoms with Gasteiger partial charge in [0.2, 0.25) is 0 Å². The smallest absolute Gasteiger partial charge is 0.332 e. The summed E-state index contributed by atoms with van der Waals surface area (Å²) in [6, 6.07) is 9.01. The van der Waals surface area contributed by atoms with Crippen molar-refractivity contribution in [2.45, 2.75) is 11.5 Å². The molecular weight excluding hydrogens is 337 g/mol. The van der Waals surface area contributed by atoms with Gasteiger partial charge in [0.1, 0.15) is 17.3 Å². The van der Waals surface area contributed by atoms with Crippen molar-refractivity contribution in [1.29, 1.82) is 0 Å². The Hall–Kier alpha value is -2.19. The van der Waals surface area contributed by atoms with E-state index in [1.165, 1.54) is 30.3 Å². The van der Waals surface area contributed by atoms with Gasteiger partial charge in [0, 0.05) is 17.7 Å². The Bertz CT molecular complexity index is 825. The number of hydrogen-bond acceptors (Lipinski definition) is 5. The standard InChI is InChI=1S/C13H9ClFNO5S/c14-11-7-10(16(17)18)5-6-12(11)21-8-9-3-1-2-4-13(9)22(15,19)20/h1-7H,8H2. The summed E-state index contributed by atoms with van der Waals surface area (Å²) in [6.45, 7) is -0.253. The van der Waals surface area contributed by atoms with E-state index < -0.39 is 20.0 Å². The van der Waals surface area contributed by atoms with Crippen LogP contribution in [-0.2, 0) is 16.8 Å². The van der Waals surface area contributed by atoms with Crippen LogP contribution in [0, 0.1) is 10.1 Å². The van der Waals surface area contributed by atoms with Gasteiger partial charge in [0.25, 0.3) is 5.69 Å². The van der Waals surface area contributed by atoms with Crippen LogP contribution in [0.1, 0.15) is 5.56 Å². The molecule has 0 unspecified atom stereocenters. The van der Waals surface area contributed by atoms with Crippen molar-refractivity contribution < 1.29 is 22.0 Å². The fraction of sp³-hybridized carbons (Fsp3) is 0.0769. The number of ether oxygens (including phenoxy) is 1. The first kappa shape index (κ1) is 16.2. The summed E-state index contributed by atoms with van der Waals surface area (Å²) in [5.74, 6) is 0.123. The molecule has 0 amide bonds.